The number of nitrogen functional groups attached to an aromatic ring is 1. The van der Waals surface area contributed by atoms with Crippen LogP contribution in [0.3, 0.4) is 0 Å². The number of fused-ring (bicyclic) bond motifs is 1. The van der Waals surface area contributed by atoms with Crippen molar-refractivity contribution in [3.05, 3.63) is 29.9 Å². The van der Waals surface area contributed by atoms with Crippen molar-refractivity contribution in [3.8, 4) is 11.3 Å². The minimum absolute atomic E-state index is 0.0818. The molecular weight excluding hydrogens is 304 g/mol. The molecule has 3 heterocycles. The van der Waals surface area contributed by atoms with E-state index in [1.165, 1.54) is 0 Å². The molecule has 0 radical (unpaired) electrons. The average molecular weight is 319 g/mol. The van der Waals surface area contributed by atoms with E-state index in [4.69, 9.17) is 22.1 Å². The number of hydrogen-bond donors (Lipinski definition) is 1. The Kier molecular flexibility index (Phi) is 3.91. The van der Waals surface area contributed by atoms with Gasteiger partial charge in [-0.1, -0.05) is 0 Å². The molecule has 0 saturated heterocycles. The Morgan fingerprint density at radius 2 is 2.14 bits per heavy atom. The molecule has 0 saturated carbocycles. The quantitative estimate of drug-likeness (QED) is 0.742. The molecule has 3 aromatic heterocycles. The molecule has 7 nitrogen and oxygen atoms in total. The van der Waals surface area contributed by atoms with Crippen LogP contribution >= 0.6 is 11.6 Å². The van der Waals surface area contributed by atoms with Gasteiger partial charge in [-0.15, -0.1) is 0 Å². The molecule has 0 fully saturated rings. The Bertz CT molecular complexity index is 801. The molecule has 0 aliphatic carbocycles. The highest BCUT2D eigenvalue weighted by Gasteiger charge is 2.17. The van der Waals surface area contributed by atoms with Crippen LogP contribution in [0.2, 0.25) is 5.28 Å². The van der Waals surface area contributed by atoms with Gasteiger partial charge < -0.3 is 15.0 Å². The Labute approximate surface area is 132 Å². The fraction of sp³-hybridized carbons (Fsp3) is 0.286. The molecule has 1 atom stereocenters. The molecule has 0 aromatic carbocycles. The van der Waals surface area contributed by atoms with Gasteiger partial charge in [-0.25, -0.2) is 15.0 Å². The van der Waals surface area contributed by atoms with Crippen LogP contribution in [-0.4, -0.2) is 38.2 Å². The second kappa shape index (κ2) is 5.86. The summed E-state index contributed by atoms with van der Waals surface area (Å²) in [7, 11) is 1.66. The number of nitrogens with zero attached hydrogens (tertiary/aromatic N) is 5. The molecule has 0 aliphatic rings. The highest BCUT2D eigenvalue weighted by atomic mass is 35.5. The van der Waals surface area contributed by atoms with E-state index in [9.17, 15) is 0 Å². The maximum Gasteiger partial charge on any atom is 0.225 e. The van der Waals surface area contributed by atoms with E-state index in [-0.39, 0.29) is 11.3 Å². The van der Waals surface area contributed by atoms with E-state index in [1.807, 2.05) is 17.6 Å². The third-order valence-electron chi connectivity index (χ3n) is 3.34. The van der Waals surface area contributed by atoms with Crippen LogP contribution in [-0.2, 0) is 4.74 Å². The molecule has 0 bridgehead atoms. The van der Waals surface area contributed by atoms with E-state index in [0.29, 0.717) is 29.3 Å². The fourth-order valence-corrected chi connectivity index (χ4v) is 2.45. The van der Waals surface area contributed by atoms with E-state index in [1.54, 1.807) is 25.7 Å². The lowest BCUT2D eigenvalue weighted by atomic mass is 10.2. The zero-order valence-corrected chi connectivity index (χ0v) is 12.9. The average Bonchev–Trinajstić information content (AvgIpc) is 2.91. The molecular formula is C14H15ClN6O. The number of pyridine rings is 1. The van der Waals surface area contributed by atoms with Crippen molar-refractivity contribution in [2.24, 2.45) is 0 Å². The molecule has 0 spiro atoms. The summed E-state index contributed by atoms with van der Waals surface area (Å²) in [6, 6.07) is 3.62. The summed E-state index contributed by atoms with van der Waals surface area (Å²) in [4.78, 5) is 17.1. The number of hydrogen-bond acceptors (Lipinski definition) is 6. The van der Waals surface area contributed by atoms with Crippen LogP contribution in [0.15, 0.2) is 24.7 Å². The van der Waals surface area contributed by atoms with Crippen LogP contribution < -0.4 is 5.73 Å². The zero-order valence-electron chi connectivity index (χ0n) is 12.2. The van der Waals surface area contributed by atoms with Gasteiger partial charge in [0.2, 0.25) is 5.28 Å². The van der Waals surface area contributed by atoms with Gasteiger partial charge in [-0.3, -0.25) is 0 Å². The fourth-order valence-electron chi connectivity index (χ4n) is 2.28. The highest BCUT2D eigenvalue weighted by Crippen LogP contribution is 2.27. The summed E-state index contributed by atoms with van der Waals surface area (Å²) in [6.07, 6.45) is 3.36. The molecule has 0 amide bonds. The minimum atomic E-state index is 0.0818. The smallest absolute Gasteiger partial charge is 0.225 e. The lowest BCUT2D eigenvalue weighted by molar-refractivity contribution is 0.163. The van der Waals surface area contributed by atoms with Crippen molar-refractivity contribution in [1.82, 2.24) is 24.5 Å². The first kappa shape index (κ1) is 14.7. The van der Waals surface area contributed by atoms with Crippen LogP contribution in [0.1, 0.15) is 13.0 Å². The summed E-state index contributed by atoms with van der Waals surface area (Å²) in [6.45, 7) is 2.57. The van der Waals surface area contributed by atoms with Crippen molar-refractivity contribution in [2.75, 3.05) is 19.5 Å². The van der Waals surface area contributed by atoms with E-state index in [0.717, 1.165) is 5.56 Å². The molecule has 8 heteroatoms. The van der Waals surface area contributed by atoms with E-state index >= 15 is 0 Å². The molecule has 2 N–H and O–H groups in total. The molecule has 3 rings (SSSR count). The standard InChI is InChI=1S/C14H15ClN6O/c1-8(6-22-2)21-7-18-12-11(19-14(15)20-13(12)21)9-3-4-10(16)17-5-9/h3-5,7-8H,6H2,1-2H3,(H2,16,17). The number of aromatic nitrogens is 5. The lowest BCUT2D eigenvalue weighted by Gasteiger charge is -2.12. The molecule has 22 heavy (non-hydrogen) atoms. The monoisotopic (exact) mass is 318 g/mol. The van der Waals surface area contributed by atoms with Crippen LogP contribution in [0.5, 0.6) is 0 Å². The summed E-state index contributed by atoms with van der Waals surface area (Å²) in [5.74, 6) is 0.444. The SMILES string of the molecule is COCC(C)n1cnc2c(-c3ccc(N)nc3)nc(Cl)nc21. The normalized spacial score (nSPS) is 12.7. The molecule has 114 valence electrons. The predicted octanol–water partition coefficient (Wildman–Crippen LogP) is 2.33. The Hall–Kier alpha value is -2.25. The van der Waals surface area contributed by atoms with Gasteiger partial charge >= 0.3 is 0 Å². The summed E-state index contributed by atoms with van der Waals surface area (Å²) in [5, 5.41) is 0.158. The number of ether oxygens (including phenoxy) is 1. The summed E-state index contributed by atoms with van der Waals surface area (Å²) < 4.78 is 7.10. The van der Waals surface area contributed by atoms with Gasteiger partial charge in [0, 0.05) is 18.9 Å². The first-order valence-corrected chi connectivity index (χ1v) is 7.09. The number of nitrogens with two attached hydrogens (primary N) is 1. The van der Waals surface area contributed by atoms with Crippen LogP contribution in [0.4, 0.5) is 5.82 Å². The largest absolute Gasteiger partial charge is 0.384 e. The number of halogens is 1. The minimum Gasteiger partial charge on any atom is -0.384 e. The van der Waals surface area contributed by atoms with Gasteiger partial charge in [0.05, 0.1) is 19.0 Å². The number of rotatable bonds is 4. The third-order valence-corrected chi connectivity index (χ3v) is 3.51. The second-order valence-electron chi connectivity index (χ2n) is 4.94. The van der Waals surface area contributed by atoms with Crippen molar-refractivity contribution in [1.29, 1.82) is 0 Å². The van der Waals surface area contributed by atoms with Gasteiger partial charge in [0.15, 0.2) is 5.65 Å². The van der Waals surface area contributed by atoms with Crippen LogP contribution in [0, 0.1) is 0 Å². The first-order chi connectivity index (χ1) is 10.6. The maximum absolute atomic E-state index is 6.08. The summed E-state index contributed by atoms with van der Waals surface area (Å²) in [5.41, 5.74) is 8.37. The van der Waals surface area contributed by atoms with E-state index in [2.05, 4.69) is 19.9 Å². The third kappa shape index (κ3) is 2.60. The maximum atomic E-state index is 6.08. The predicted molar refractivity (Wildman–Crippen MR) is 84.6 cm³/mol. The van der Waals surface area contributed by atoms with Crippen molar-refractivity contribution < 1.29 is 4.74 Å². The topological polar surface area (TPSA) is 91.7 Å². The highest BCUT2D eigenvalue weighted by molar-refractivity contribution is 6.28. The van der Waals surface area contributed by atoms with Gasteiger partial charge in [-0.05, 0) is 30.7 Å². The van der Waals surface area contributed by atoms with Crippen molar-refractivity contribution in [2.45, 2.75) is 13.0 Å². The number of methoxy groups -OCH3 is 1. The number of imidazole rings is 1. The van der Waals surface area contributed by atoms with Crippen LogP contribution in [0.25, 0.3) is 22.4 Å². The Balaban J connectivity index is 2.17. The van der Waals surface area contributed by atoms with Gasteiger partial charge in [-0.2, -0.15) is 4.98 Å². The second-order valence-corrected chi connectivity index (χ2v) is 5.28. The molecule has 1 unspecified atom stereocenters. The van der Waals surface area contributed by atoms with Gasteiger partial charge in [0.1, 0.15) is 17.0 Å². The Morgan fingerprint density at radius 1 is 1.32 bits per heavy atom. The van der Waals surface area contributed by atoms with Crippen molar-refractivity contribution >= 4 is 28.6 Å². The lowest BCUT2D eigenvalue weighted by Crippen LogP contribution is -2.10. The zero-order chi connectivity index (χ0) is 15.7. The van der Waals surface area contributed by atoms with Gasteiger partial charge in [0.25, 0.3) is 0 Å². The molecule has 3 aromatic rings. The summed E-state index contributed by atoms with van der Waals surface area (Å²) >= 11 is 6.08. The first-order valence-electron chi connectivity index (χ1n) is 6.71. The Morgan fingerprint density at radius 3 is 2.82 bits per heavy atom. The molecule has 0 aliphatic heterocycles. The van der Waals surface area contributed by atoms with E-state index < -0.39 is 0 Å². The van der Waals surface area contributed by atoms with Crippen molar-refractivity contribution in [3.63, 3.8) is 0 Å². The number of anilines is 1.